The molecule has 1 atom stereocenters. The maximum absolute atomic E-state index is 13.7. The number of rotatable bonds is 7. The second kappa shape index (κ2) is 10.5. The van der Waals surface area contributed by atoms with E-state index in [1.54, 1.807) is 59.2 Å². The molecule has 40 heavy (non-hydrogen) atoms. The monoisotopic (exact) mass is 607 g/mol. The molecule has 1 unspecified atom stereocenters. The SMILES string of the molecule is Cc1ccc2nc(-c3ccc(N4C(=O)CC(N(Cc5ccccc5Cl)S(=O)(=O)c5cccs5)C4=O)cc3)sc2c1. The molecule has 7 nitrogen and oxygen atoms in total. The van der Waals surface area contributed by atoms with E-state index < -0.39 is 27.9 Å². The smallest absolute Gasteiger partial charge is 0.253 e. The third-order valence-corrected chi connectivity index (χ3v) is 11.4. The number of sulfonamides is 1. The fraction of sp³-hybridized carbons (Fsp3) is 0.138. The van der Waals surface area contributed by atoms with Crippen molar-refractivity contribution >= 4 is 72.0 Å². The van der Waals surface area contributed by atoms with Gasteiger partial charge in [0.25, 0.3) is 15.9 Å². The normalized spacial score (nSPS) is 16.0. The van der Waals surface area contributed by atoms with Crippen molar-refractivity contribution < 1.29 is 18.0 Å². The Morgan fingerprint density at radius 1 is 1.02 bits per heavy atom. The van der Waals surface area contributed by atoms with Gasteiger partial charge in [0.15, 0.2) is 0 Å². The number of aryl methyl sites for hydroxylation is 1. The average molecular weight is 608 g/mol. The van der Waals surface area contributed by atoms with Gasteiger partial charge in [0.2, 0.25) is 5.91 Å². The summed E-state index contributed by atoms with van der Waals surface area (Å²) in [5, 5.41) is 2.86. The van der Waals surface area contributed by atoms with Crippen LogP contribution in [0.1, 0.15) is 17.5 Å². The van der Waals surface area contributed by atoms with Gasteiger partial charge in [0, 0.05) is 17.1 Å². The molecular formula is C29H22ClN3O4S3. The Morgan fingerprint density at radius 3 is 2.52 bits per heavy atom. The second-order valence-electron chi connectivity index (χ2n) is 9.40. The molecule has 3 heterocycles. The molecule has 11 heteroatoms. The molecule has 2 aromatic heterocycles. The number of anilines is 1. The Hall–Kier alpha value is -3.41. The van der Waals surface area contributed by atoms with Gasteiger partial charge < -0.3 is 0 Å². The van der Waals surface area contributed by atoms with Gasteiger partial charge in [-0.1, -0.05) is 41.9 Å². The molecular weight excluding hydrogens is 586 g/mol. The van der Waals surface area contributed by atoms with Crippen LogP contribution < -0.4 is 4.90 Å². The summed E-state index contributed by atoms with van der Waals surface area (Å²) in [6, 6.07) is 21.9. The van der Waals surface area contributed by atoms with Gasteiger partial charge in [-0.15, -0.1) is 22.7 Å². The van der Waals surface area contributed by atoms with E-state index in [4.69, 9.17) is 16.6 Å². The lowest BCUT2D eigenvalue weighted by atomic mass is 10.2. The Morgan fingerprint density at radius 2 is 1.80 bits per heavy atom. The molecule has 1 fully saturated rings. The lowest BCUT2D eigenvalue weighted by Crippen LogP contribution is -2.44. The summed E-state index contributed by atoms with van der Waals surface area (Å²) in [4.78, 5) is 32.7. The number of carbonyl (C=O) groups is 2. The Kier molecular flexibility index (Phi) is 7.05. The molecule has 1 saturated heterocycles. The number of benzene rings is 3. The zero-order chi connectivity index (χ0) is 28.0. The van der Waals surface area contributed by atoms with Crippen LogP contribution in [0, 0.1) is 6.92 Å². The number of carbonyl (C=O) groups excluding carboxylic acids is 2. The summed E-state index contributed by atoms with van der Waals surface area (Å²) < 4.78 is 29.7. The van der Waals surface area contributed by atoms with Crippen molar-refractivity contribution in [2.45, 2.75) is 30.1 Å². The summed E-state index contributed by atoms with van der Waals surface area (Å²) >= 11 is 8.98. The van der Waals surface area contributed by atoms with E-state index in [9.17, 15) is 18.0 Å². The first-order valence-electron chi connectivity index (χ1n) is 12.4. The van der Waals surface area contributed by atoms with E-state index in [0.717, 1.165) is 46.9 Å². The zero-order valence-corrected chi connectivity index (χ0v) is 24.4. The first kappa shape index (κ1) is 26.8. The van der Waals surface area contributed by atoms with Crippen LogP contribution in [-0.2, 0) is 26.2 Å². The summed E-state index contributed by atoms with van der Waals surface area (Å²) in [5.74, 6) is -1.07. The highest BCUT2D eigenvalue weighted by Crippen LogP contribution is 2.35. The maximum Gasteiger partial charge on any atom is 0.253 e. The van der Waals surface area contributed by atoms with Gasteiger partial charge in [-0.05, 0) is 72.0 Å². The van der Waals surface area contributed by atoms with Crippen LogP contribution in [0.15, 0.2) is 88.5 Å². The van der Waals surface area contributed by atoms with Gasteiger partial charge >= 0.3 is 0 Å². The minimum atomic E-state index is -4.09. The van der Waals surface area contributed by atoms with E-state index in [-0.39, 0.29) is 17.2 Å². The second-order valence-corrected chi connectivity index (χ2v) is 13.9. The van der Waals surface area contributed by atoms with Crippen LogP contribution in [0.3, 0.4) is 0 Å². The van der Waals surface area contributed by atoms with Crippen molar-refractivity contribution in [2.75, 3.05) is 4.90 Å². The van der Waals surface area contributed by atoms with Crippen molar-refractivity contribution in [3.63, 3.8) is 0 Å². The number of thiazole rings is 1. The number of imide groups is 1. The molecule has 0 N–H and O–H groups in total. The molecule has 0 radical (unpaired) electrons. The van der Waals surface area contributed by atoms with Crippen molar-refractivity contribution in [1.82, 2.24) is 9.29 Å². The summed E-state index contributed by atoms with van der Waals surface area (Å²) in [5.41, 5.74) is 3.85. The molecule has 1 aliphatic rings. The molecule has 202 valence electrons. The lowest BCUT2D eigenvalue weighted by molar-refractivity contribution is -0.122. The van der Waals surface area contributed by atoms with Crippen LogP contribution in [0.4, 0.5) is 5.69 Å². The first-order chi connectivity index (χ1) is 19.2. The van der Waals surface area contributed by atoms with Crippen LogP contribution in [0.5, 0.6) is 0 Å². The summed E-state index contributed by atoms with van der Waals surface area (Å²) in [6.07, 6.45) is -0.271. The van der Waals surface area contributed by atoms with Crippen LogP contribution in [-0.4, -0.2) is 35.6 Å². The quantitative estimate of drug-likeness (QED) is 0.197. The minimum absolute atomic E-state index is 0.0913. The minimum Gasteiger partial charge on any atom is -0.274 e. The Bertz CT molecular complexity index is 1850. The van der Waals surface area contributed by atoms with Crippen molar-refractivity contribution in [3.05, 3.63) is 100 Å². The van der Waals surface area contributed by atoms with Crippen molar-refractivity contribution in [1.29, 1.82) is 0 Å². The molecule has 6 rings (SSSR count). The van der Waals surface area contributed by atoms with E-state index in [0.29, 0.717) is 16.3 Å². The third-order valence-electron chi connectivity index (χ3n) is 6.73. The third kappa shape index (κ3) is 4.86. The number of nitrogens with zero attached hydrogens (tertiary/aromatic N) is 3. The van der Waals surface area contributed by atoms with E-state index in [1.807, 2.05) is 31.2 Å². The fourth-order valence-corrected chi connectivity index (χ4v) is 8.65. The number of aromatic nitrogens is 1. The molecule has 0 bridgehead atoms. The van der Waals surface area contributed by atoms with Crippen molar-refractivity contribution in [3.8, 4) is 10.6 Å². The van der Waals surface area contributed by atoms with Gasteiger partial charge in [-0.3, -0.25) is 9.59 Å². The highest BCUT2D eigenvalue weighted by atomic mass is 35.5. The number of thiophene rings is 1. The standard InChI is InChI=1S/C29H22ClN3O4S3/c1-18-8-13-23-25(15-18)39-28(31-23)19-9-11-21(12-10-19)33-26(34)16-24(29(33)35)32(17-20-5-2-3-6-22(20)30)40(36,37)27-7-4-14-38-27/h2-15,24H,16-17H2,1H3. The van der Waals surface area contributed by atoms with Crippen LogP contribution >= 0.6 is 34.3 Å². The molecule has 1 aliphatic heterocycles. The Labute approximate surface area is 244 Å². The number of amides is 2. The fourth-order valence-electron chi connectivity index (χ4n) is 4.70. The predicted molar refractivity (Wildman–Crippen MR) is 159 cm³/mol. The molecule has 0 aliphatic carbocycles. The average Bonchev–Trinajstić information content (AvgIpc) is 3.68. The highest BCUT2D eigenvalue weighted by molar-refractivity contribution is 7.91. The topological polar surface area (TPSA) is 87.7 Å². The lowest BCUT2D eigenvalue weighted by Gasteiger charge is -2.26. The molecule has 3 aromatic carbocycles. The maximum atomic E-state index is 13.7. The molecule has 5 aromatic rings. The summed E-state index contributed by atoms with van der Waals surface area (Å²) in [7, 11) is -4.09. The van der Waals surface area contributed by atoms with Gasteiger partial charge in [-0.2, -0.15) is 4.31 Å². The van der Waals surface area contributed by atoms with Crippen LogP contribution in [0.2, 0.25) is 5.02 Å². The largest absolute Gasteiger partial charge is 0.274 e. The molecule has 0 saturated carbocycles. The number of hydrogen-bond donors (Lipinski definition) is 0. The van der Waals surface area contributed by atoms with E-state index in [1.165, 1.54) is 6.07 Å². The van der Waals surface area contributed by atoms with Gasteiger partial charge in [0.05, 0.1) is 22.3 Å². The first-order valence-corrected chi connectivity index (χ1v) is 15.9. The highest BCUT2D eigenvalue weighted by Gasteiger charge is 2.47. The van der Waals surface area contributed by atoms with E-state index in [2.05, 4.69) is 6.07 Å². The number of fused-ring (bicyclic) bond motifs is 1. The summed E-state index contributed by atoms with van der Waals surface area (Å²) in [6.45, 7) is 1.89. The number of halogens is 1. The van der Waals surface area contributed by atoms with Gasteiger partial charge in [-0.25, -0.2) is 18.3 Å². The van der Waals surface area contributed by atoms with Crippen LogP contribution in [0.25, 0.3) is 20.8 Å². The predicted octanol–water partition coefficient (Wildman–Crippen LogP) is 6.51. The molecule has 2 amide bonds. The number of hydrogen-bond acceptors (Lipinski definition) is 7. The Balaban J connectivity index is 1.31. The van der Waals surface area contributed by atoms with Gasteiger partial charge in [0.1, 0.15) is 15.3 Å². The van der Waals surface area contributed by atoms with E-state index >= 15 is 0 Å². The zero-order valence-electron chi connectivity index (χ0n) is 21.2. The molecule has 0 spiro atoms. The van der Waals surface area contributed by atoms with Crippen molar-refractivity contribution in [2.24, 2.45) is 0 Å².